The molecule has 0 aliphatic rings. The molecular formula is C16H18O6. The van der Waals surface area contributed by atoms with E-state index in [0.717, 1.165) is 0 Å². The zero-order chi connectivity index (χ0) is 17.0. The van der Waals surface area contributed by atoms with Crippen LogP contribution >= 0.6 is 0 Å². The maximum Gasteiger partial charge on any atom is 0.336 e. The number of hydrogen-bond donors (Lipinski definition) is 2. The monoisotopic (exact) mass is 306 g/mol. The van der Waals surface area contributed by atoms with Gasteiger partial charge in [0.1, 0.15) is 6.10 Å². The fraction of sp³-hybridized carbons (Fsp3) is 0.312. The van der Waals surface area contributed by atoms with Crippen molar-refractivity contribution in [1.29, 1.82) is 0 Å². The maximum absolute atomic E-state index is 11.5. The molecule has 2 unspecified atom stereocenters. The number of aromatic carboxylic acids is 2. The molecule has 1 rings (SSSR count). The summed E-state index contributed by atoms with van der Waals surface area (Å²) in [5, 5.41) is 18.1. The highest BCUT2D eigenvalue weighted by Gasteiger charge is 2.22. The number of hydrogen-bond acceptors (Lipinski definition) is 4. The van der Waals surface area contributed by atoms with Gasteiger partial charge in [0.25, 0.3) is 0 Å². The molecule has 0 saturated carbocycles. The fourth-order valence-corrected chi connectivity index (χ4v) is 1.85. The second-order valence-electron chi connectivity index (χ2n) is 5.09. The highest BCUT2D eigenvalue weighted by molar-refractivity contribution is 6.01. The van der Waals surface area contributed by atoms with E-state index >= 15 is 0 Å². The number of carbonyl (C=O) groups is 3. The first-order valence-corrected chi connectivity index (χ1v) is 6.62. The van der Waals surface area contributed by atoms with Crippen molar-refractivity contribution in [3.05, 3.63) is 47.0 Å². The molecule has 2 atom stereocenters. The van der Waals surface area contributed by atoms with Gasteiger partial charge in [-0.15, -0.1) is 0 Å². The average molecular weight is 306 g/mol. The number of esters is 1. The van der Waals surface area contributed by atoms with Crippen LogP contribution in [0.1, 0.15) is 53.0 Å². The molecule has 22 heavy (non-hydrogen) atoms. The van der Waals surface area contributed by atoms with Gasteiger partial charge in [0.2, 0.25) is 0 Å². The number of carbonyl (C=O) groups excluding carboxylic acids is 1. The Morgan fingerprint density at radius 1 is 1.09 bits per heavy atom. The molecule has 0 heterocycles. The van der Waals surface area contributed by atoms with Gasteiger partial charge in [-0.25, -0.2) is 14.4 Å². The molecule has 0 aliphatic carbocycles. The molecule has 0 radical (unpaired) electrons. The molecule has 1 aromatic carbocycles. The largest absolute Gasteiger partial charge is 0.478 e. The summed E-state index contributed by atoms with van der Waals surface area (Å²) >= 11 is 0. The van der Waals surface area contributed by atoms with Crippen molar-refractivity contribution in [1.82, 2.24) is 0 Å². The van der Waals surface area contributed by atoms with E-state index in [1.807, 2.05) is 0 Å². The van der Waals surface area contributed by atoms with Crippen LogP contribution in [0.25, 0.3) is 0 Å². The molecule has 0 fully saturated rings. The molecule has 0 amide bonds. The van der Waals surface area contributed by atoms with Crippen molar-refractivity contribution < 1.29 is 29.3 Å². The molecule has 2 N–H and O–H groups in total. The number of benzene rings is 1. The maximum atomic E-state index is 11.5. The van der Waals surface area contributed by atoms with Gasteiger partial charge in [-0.2, -0.15) is 0 Å². The topological polar surface area (TPSA) is 101 Å². The predicted molar refractivity (Wildman–Crippen MR) is 79.1 cm³/mol. The van der Waals surface area contributed by atoms with Crippen LogP contribution in [0, 0.1) is 0 Å². The smallest absolute Gasteiger partial charge is 0.336 e. The zero-order valence-corrected chi connectivity index (χ0v) is 12.6. The standard InChI is InChI=1S/C16H18O6/c1-8(2)16(21)22-10(4)9(3)11-5-6-12(14(17)18)13(7-11)15(19)20/h5-7,9-10H,1H2,2-4H3,(H,17,18)(H,19,20). The summed E-state index contributed by atoms with van der Waals surface area (Å²) in [5.74, 6) is -3.46. The van der Waals surface area contributed by atoms with Crippen molar-refractivity contribution in [2.24, 2.45) is 0 Å². The Morgan fingerprint density at radius 2 is 1.64 bits per heavy atom. The SMILES string of the molecule is C=C(C)C(=O)OC(C)C(C)c1ccc(C(=O)O)c(C(=O)O)c1. The lowest BCUT2D eigenvalue weighted by Crippen LogP contribution is -2.21. The third-order valence-corrected chi connectivity index (χ3v) is 3.38. The lowest BCUT2D eigenvalue weighted by atomic mass is 9.92. The van der Waals surface area contributed by atoms with Gasteiger partial charge in [0.15, 0.2) is 0 Å². The molecule has 6 nitrogen and oxygen atoms in total. The molecule has 0 saturated heterocycles. The Bertz CT molecular complexity index is 632. The van der Waals surface area contributed by atoms with Crippen LogP contribution in [0.15, 0.2) is 30.4 Å². The van der Waals surface area contributed by atoms with Crippen LogP contribution < -0.4 is 0 Å². The van der Waals surface area contributed by atoms with E-state index < -0.39 is 24.0 Å². The van der Waals surface area contributed by atoms with E-state index in [9.17, 15) is 14.4 Å². The van der Waals surface area contributed by atoms with E-state index in [1.54, 1.807) is 13.8 Å². The van der Waals surface area contributed by atoms with Gasteiger partial charge in [0.05, 0.1) is 11.1 Å². The summed E-state index contributed by atoms with van der Waals surface area (Å²) in [6.45, 7) is 8.46. The Balaban J connectivity index is 3.08. The quantitative estimate of drug-likeness (QED) is 0.619. The summed E-state index contributed by atoms with van der Waals surface area (Å²) < 4.78 is 5.20. The van der Waals surface area contributed by atoms with Crippen LogP contribution in [0.4, 0.5) is 0 Å². The highest BCUT2D eigenvalue weighted by atomic mass is 16.5. The highest BCUT2D eigenvalue weighted by Crippen LogP contribution is 2.24. The normalized spacial score (nSPS) is 13.0. The van der Waals surface area contributed by atoms with Gasteiger partial charge >= 0.3 is 17.9 Å². The summed E-state index contributed by atoms with van der Waals surface area (Å²) in [6.07, 6.45) is -0.512. The van der Waals surface area contributed by atoms with Crippen LogP contribution in [-0.2, 0) is 9.53 Å². The van der Waals surface area contributed by atoms with Crippen LogP contribution in [-0.4, -0.2) is 34.2 Å². The minimum atomic E-state index is -1.32. The fourth-order valence-electron chi connectivity index (χ4n) is 1.85. The van der Waals surface area contributed by atoms with E-state index in [2.05, 4.69) is 6.58 Å². The first-order valence-electron chi connectivity index (χ1n) is 6.62. The van der Waals surface area contributed by atoms with E-state index in [4.69, 9.17) is 14.9 Å². The molecule has 118 valence electrons. The molecule has 6 heteroatoms. The number of rotatable bonds is 6. The second kappa shape index (κ2) is 6.89. The number of carboxylic acid groups (broad SMARTS) is 2. The Hall–Kier alpha value is -2.63. The molecule has 0 spiro atoms. The first-order chi connectivity index (χ1) is 10.1. The minimum Gasteiger partial charge on any atom is -0.478 e. The van der Waals surface area contributed by atoms with Gasteiger partial charge in [0, 0.05) is 11.5 Å². The van der Waals surface area contributed by atoms with Crippen molar-refractivity contribution >= 4 is 17.9 Å². The first kappa shape index (κ1) is 17.4. The minimum absolute atomic E-state index is 0.270. The summed E-state index contributed by atoms with van der Waals surface area (Å²) in [7, 11) is 0. The van der Waals surface area contributed by atoms with E-state index in [0.29, 0.717) is 5.56 Å². The zero-order valence-electron chi connectivity index (χ0n) is 12.6. The molecule has 0 aromatic heterocycles. The third-order valence-electron chi connectivity index (χ3n) is 3.38. The van der Waals surface area contributed by atoms with E-state index in [1.165, 1.54) is 25.1 Å². The summed E-state index contributed by atoms with van der Waals surface area (Å²) in [4.78, 5) is 33.7. The molecule has 0 aliphatic heterocycles. The molecule has 0 bridgehead atoms. The van der Waals surface area contributed by atoms with Crippen LogP contribution in [0.2, 0.25) is 0 Å². The lowest BCUT2D eigenvalue weighted by molar-refractivity contribution is -0.144. The van der Waals surface area contributed by atoms with Gasteiger partial charge in [-0.3, -0.25) is 0 Å². The van der Waals surface area contributed by atoms with Crippen molar-refractivity contribution in [2.45, 2.75) is 32.8 Å². The van der Waals surface area contributed by atoms with Crippen molar-refractivity contribution in [3.8, 4) is 0 Å². The van der Waals surface area contributed by atoms with E-state index in [-0.39, 0.29) is 22.6 Å². The average Bonchev–Trinajstić information content (AvgIpc) is 2.45. The number of ether oxygens (including phenoxy) is 1. The Labute approximate surface area is 128 Å². The van der Waals surface area contributed by atoms with Crippen LogP contribution in [0.5, 0.6) is 0 Å². The van der Waals surface area contributed by atoms with Crippen LogP contribution in [0.3, 0.4) is 0 Å². The third kappa shape index (κ3) is 3.94. The second-order valence-corrected chi connectivity index (χ2v) is 5.09. The molecular weight excluding hydrogens is 288 g/mol. The van der Waals surface area contributed by atoms with Gasteiger partial charge in [-0.1, -0.05) is 19.6 Å². The Morgan fingerprint density at radius 3 is 2.09 bits per heavy atom. The number of carboxylic acids is 2. The van der Waals surface area contributed by atoms with Gasteiger partial charge < -0.3 is 14.9 Å². The summed E-state index contributed by atoms with van der Waals surface area (Å²) in [5.41, 5.74) is 0.265. The van der Waals surface area contributed by atoms with Crippen molar-refractivity contribution in [3.63, 3.8) is 0 Å². The summed E-state index contributed by atoms with van der Waals surface area (Å²) in [6, 6.07) is 4.05. The lowest BCUT2D eigenvalue weighted by Gasteiger charge is -2.21. The van der Waals surface area contributed by atoms with Gasteiger partial charge in [-0.05, 0) is 31.5 Å². The van der Waals surface area contributed by atoms with Crippen molar-refractivity contribution in [2.75, 3.05) is 0 Å². The molecule has 1 aromatic rings. The Kier molecular flexibility index (Phi) is 5.45. The predicted octanol–water partition coefficient (Wildman–Crippen LogP) is 2.69.